The third-order valence-corrected chi connectivity index (χ3v) is 3.00. The van der Waals surface area contributed by atoms with Crippen molar-refractivity contribution in [1.82, 2.24) is 20.2 Å². The van der Waals surface area contributed by atoms with Crippen LogP contribution in [0.2, 0.25) is 0 Å². The first-order valence-electron chi connectivity index (χ1n) is 6.06. The van der Waals surface area contributed by atoms with Crippen LogP contribution in [0, 0.1) is 12.7 Å². The summed E-state index contributed by atoms with van der Waals surface area (Å²) in [5, 5.41) is 11.6. The van der Waals surface area contributed by atoms with Gasteiger partial charge in [0, 0.05) is 11.3 Å². The molecule has 0 aliphatic carbocycles. The highest BCUT2D eigenvalue weighted by Crippen LogP contribution is 2.22. The molecule has 2 aromatic carbocycles. The number of anilines is 1. The number of nitrogens with zero attached hydrogens (tertiary/aromatic N) is 4. The largest absolute Gasteiger partial charge is 0.399 e. The molecule has 100 valence electrons. The summed E-state index contributed by atoms with van der Waals surface area (Å²) in [7, 11) is 0. The predicted molar refractivity (Wildman–Crippen MR) is 73.7 cm³/mol. The summed E-state index contributed by atoms with van der Waals surface area (Å²) in [5.41, 5.74) is 8.44. The van der Waals surface area contributed by atoms with Crippen LogP contribution < -0.4 is 5.73 Å². The highest BCUT2D eigenvalue weighted by molar-refractivity contribution is 5.62. The summed E-state index contributed by atoms with van der Waals surface area (Å²) >= 11 is 0. The summed E-state index contributed by atoms with van der Waals surface area (Å²) < 4.78 is 14.9. The van der Waals surface area contributed by atoms with Crippen molar-refractivity contribution < 1.29 is 4.39 Å². The summed E-state index contributed by atoms with van der Waals surface area (Å²) in [6.07, 6.45) is 0. The van der Waals surface area contributed by atoms with E-state index in [9.17, 15) is 4.39 Å². The second-order valence-corrected chi connectivity index (χ2v) is 4.47. The van der Waals surface area contributed by atoms with Gasteiger partial charge in [-0.2, -0.15) is 4.68 Å². The number of hydrogen-bond acceptors (Lipinski definition) is 4. The van der Waals surface area contributed by atoms with Crippen molar-refractivity contribution in [3.63, 3.8) is 0 Å². The molecule has 0 radical (unpaired) electrons. The Balaban J connectivity index is 2.12. The van der Waals surface area contributed by atoms with E-state index < -0.39 is 0 Å². The van der Waals surface area contributed by atoms with Crippen molar-refractivity contribution in [3.05, 3.63) is 53.8 Å². The number of aromatic nitrogens is 4. The van der Waals surface area contributed by atoms with Crippen LogP contribution in [0.1, 0.15) is 5.56 Å². The smallest absolute Gasteiger partial charge is 0.187 e. The van der Waals surface area contributed by atoms with Gasteiger partial charge >= 0.3 is 0 Å². The summed E-state index contributed by atoms with van der Waals surface area (Å²) in [6.45, 7) is 1.70. The van der Waals surface area contributed by atoms with Crippen LogP contribution in [0.5, 0.6) is 0 Å². The molecule has 0 spiro atoms. The van der Waals surface area contributed by atoms with Gasteiger partial charge in [-0.05, 0) is 53.2 Å². The highest BCUT2D eigenvalue weighted by atomic mass is 19.1. The molecule has 0 saturated heterocycles. The second kappa shape index (κ2) is 4.73. The van der Waals surface area contributed by atoms with Crippen LogP contribution in [0.25, 0.3) is 17.1 Å². The van der Waals surface area contributed by atoms with Crippen LogP contribution in [0.15, 0.2) is 42.5 Å². The lowest BCUT2D eigenvalue weighted by molar-refractivity contribution is 0.617. The zero-order valence-electron chi connectivity index (χ0n) is 10.8. The van der Waals surface area contributed by atoms with Crippen molar-refractivity contribution >= 4 is 5.69 Å². The van der Waals surface area contributed by atoms with Crippen molar-refractivity contribution in [3.8, 4) is 17.1 Å². The van der Waals surface area contributed by atoms with Crippen molar-refractivity contribution in [1.29, 1.82) is 0 Å². The van der Waals surface area contributed by atoms with E-state index in [1.54, 1.807) is 35.9 Å². The van der Waals surface area contributed by atoms with Gasteiger partial charge in [-0.25, -0.2) is 4.39 Å². The molecule has 0 bridgehead atoms. The monoisotopic (exact) mass is 269 g/mol. The first kappa shape index (κ1) is 12.3. The quantitative estimate of drug-likeness (QED) is 0.725. The molecule has 3 aromatic rings. The zero-order valence-corrected chi connectivity index (χ0v) is 10.8. The standard InChI is InChI=1S/C14H12FN5/c1-9-7-12(5-6-13(9)15)20-14(17-18-19-20)10-3-2-4-11(16)8-10/h2-8H,16H2,1H3. The van der Waals surface area contributed by atoms with Gasteiger partial charge in [-0.15, -0.1) is 5.10 Å². The minimum absolute atomic E-state index is 0.257. The van der Waals surface area contributed by atoms with E-state index in [0.717, 1.165) is 5.56 Å². The van der Waals surface area contributed by atoms with Crippen LogP contribution in [-0.4, -0.2) is 20.2 Å². The van der Waals surface area contributed by atoms with Crippen molar-refractivity contribution in [2.45, 2.75) is 6.92 Å². The maximum absolute atomic E-state index is 13.3. The fourth-order valence-corrected chi connectivity index (χ4v) is 1.98. The van der Waals surface area contributed by atoms with E-state index in [0.29, 0.717) is 22.8 Å². The molecule has 0 aliphatic heterocycles. The number of benzene rings is 2. The van der Waals surface area contributed by atoms with E-state index in [4.69, 9.17) is 5.73 Å². The Kier molecular flexibility index (Phi) is 2.90. The van der Waals surface area contributed by atoms with Gasteiger partial charge in [0.15, 0.2) is 5.82 Å². The summed E-state index contributed by atoms with van der Waals surface area (Å²) in [6, 6.07) is 12.0. The Hall–Kier alpha value is -2.76. The molecular formula is C14H12FN5. The number of nitrogen functional groups attached to an aromatic ring is 1. The summed E-state index contributed by atoms with van der Waals surface area (Å²) in [5.74, 6) is 0.302. The number of rotatable bonds is 2. The number of aryl methyl sites for hydroxylation is 1. The first-order valence-corrected chi connectivity index (χ1v) is 6.06. The van der Waals surface area contributed by atoms with Gasteiger partial charge in [-0.1, -0.05) is 12.1 Å². The number of nitrogens with two attached hydrogens (primary N) is 1. The molecule has 3 rings (SSSR count). The fourth-order valence-electron chi connectivity index (χ4n) is 1.98. The lowest BCUT2D eigenvalue weighted by Gasteiger charge is -2.06. The van der Waals surface area contributed by atoms with Gasteiger partial charge in [0.05, 0.1) is 5.69 Å². The molecular weight excluding hydrogens is 257 g/mol. The van der Waals surface area contributed by atoms with E-state index in [1.165, 1.54) is 6.07 Å². The predicted octanol–water partition coefficient (Wildman–Crippen LogP) is 2.36. The maximum atomic E-state index is 13.3. The maximum Gasteiger partial charge on any atom is 0.187 e. The first-order chi connectivity index (χ1) is 9.65. The average Bonchev–Trinajstić information content (AvgIpc) is 2.91. The van der Waals surface area contributed by atoms with Gasteiger partial charge < -0.3 is 5.73 Å². The zero-order chi connectivity index (χ0) is 14.1. The fraction of sp³-hybridized carbons (Fsp3) is 0.0714. The van der Waals surface area contributed by atoms with E-state index in [2.05, 4.69) is 15.5 Å². The minimum atomic E-state index is -0.257. The molecule has 1 aromatic heterocycles. The van der Waals surface area contributed by atoms with Gasteiger partial charge in [0.2, 0.25) is 0 Å². The Labute approximate surface area is 114 Å². The van der Waals surface area contributed by atoms with E-state index >= 15 is 0 Å². The van der Waals surface area contributed by atoms with Gasteiger partial charge in [0.25, 0.3) is 0 Å². The molecule has 20 heavy (non-hydrogen) atoms. The van der Waals surface area contributed by atoms with E-state index in [-0.39, 0.29) is 5.82 Å². The van der Waals surface area contributed by atoms with Crippen LogP contribution >= 0.6 is 0 Å². The molecule has 0 amide bonds. The van der Waals surface area contributed by atoms with Crippen LogP contribution in [0.4, 0.5) is 10.1 Å². The Morgan fingerprint density at radius 3 is 2.75 bits per heavy atom. The average molecular weight is 269 g/mol. The molecule has 0 unspecified atom stereocenters. The van der Waals surface area contributed by atoms with Crippen LogP contribution in [-0.2, 0) is 0 Å². The lowest BCUT2D eigenvalue weighted by Crippen LogP contribution is -2.01. The molecule has 0 atom stereocenters. The van der Waals surface area contributed by atoms with Crippen molar-refractivity contribution in [2.24, 2.45) is 0 Å². The molecule has 0 fully saturated rings. The number of tetrazole rings is 1. The van der Waals surface area contributed by atoms with Crippen molar-refractivity contribution in [2.75, 3.05) is 5.73 Å². The number of hydrogen-bond donors (Lipinski definition) is 1. The van der Waals surface area contributed by atoms with Crippen LogP contribution in [0.3, 0.4) is 0 Å². The van der Waals surface area contributed by atoms with E-state index in [1.807, 2.05) is 12.1 Å². The Morgan fingerprint density at radius 1 is 1.15 bits per heavy atom. The third kappa shape index (κ3) is 2.11. The third-order valence-electron chi connectivity index (χ3n) is 3.00. The Bertz CT molecular complexity index is 766. The topological polar surface area (TPSA) is 69.6 Å². The molecule has 6 heteroatoms. The number of halogens is 1. The SMILES string of the molecule is Cc1cc(-n2nnnc2-c2cccc(N)c2)ccc1F. The lowest BCUT2D eigenvalue weighted by atomic mass is 10.1. The highest BCUT2D eigenvalue weighted by Gasteiger charge is 2.11. The molecule has 2 N–H and O–H groups in total. The second-order valence-electron chi connectivity index (χ2n) is 4.47. The molecule has 0 saturated carbocycles. The molecule has 0 aliphatic rings. The minimum Gasteiger partial charge on any atom is -0.399 e. The van der Waals surface area contributed by atoms with Gasteiger partial charge in [0.1, 0.15) is 5.82 Å². The summed E-state index contributed by atoms with van der Waals surface area (Å²) in [4.78, 5) is 0. The molecule has 5 nitrogen and oxygen atoms in total. The van der Waals surface area contributed by atoms with Gasteiger partial charge in [-0.3, -0.25) is 0 Å². The molecule has 1 heterocycles. The Morgan fingerprint density at radius 2 is 2.00 bits per heavy atom. The normalized spacial score (nSPS) is 10.7.